The molecule has 0 aliphatic carbocycles. The van der Waals surface area contributed by atoms with Crippen molar-refractivity contribution >= 4 is 22.8 Å². The lowest BCUT2D eigenvalue weighted by atomic mass is 9.96. The maximum absolute atomic E-state index is 11.6. The Kier molecular flexibility index (Phi) is 3.69. The van der Waals surface area contributed by atoms with Crippen LogP contribution in [0.2, 0.25) is 0 Å². The van der Waals surface area contributed by atoms with Crippen molar-refractivity contribution in [2.75, 3.05) is 6.54 Å². The van der Waals surface area contributed by atoms with Crippen LogP contribution in [-0.4, -0.2) is 28.5 Å². The third kappa shape index (κ3) is 2.85. The Labute approximate surface area is 144 Å². The van der Waals surface area contributed by atoms with Crippen LogP contribution in [0.5, 0.6) is 0 Å². The molecule has 124 valence electrons. The van der Waals surface area contributed by atoms with Gasteiger partial charge in [0.25, 0.3) is 0 Å². The number of nitrogens with zero attached hydrogens (tertiary/aromatic N) is 1. The van der Waals surface area contributed by atoms with Gasteiger partial charge >= 0.3 is 5.97 Å². The molecule has 0 saturated carbocycles. The van der Waals surface area contributed by atoms with Crippen LogP contribution in [0.15, 0.2) is 54.6 Å². The predicted octanol–water partition coefficient (Wildman–Crippen LogP) is 3.20. The monoisotopic (exact) mass is 332 g/mol. The second-order valence-corrected chi connectivity index (χ2v) is 6.20. The second kappa shape index (κ2) is 6.02. The molecule has 1 aromatic heterocycles. The third-order valence-electron chi connectivity index (χ3n) is 4.60. The van der Waals surface area contributed by atoms with Crippen LogP contribution in [0.4, 0.5) is 0 Å². The number of benzene rings is 2. The van der Waals surface area contributed by atoms with Crippen molar-refractivity contribution in [3.63, 3.8) is 0 Å². The number of hydrogen-bond acceptors (Lipinski definition) is 3. The molecule has 0 spiro atoms. The number of carbonyl (C=O) groups is 2. The van der Waals surface area contributed by atoms with E-state index in [1.165, 1.54) is 0 Å². The summed E-state index contributed by atoms with van der Waals surface area (Å²) in [4.78, 5) is 27.6. The van der Waals surface area contributed by atoms with Crippen molar-refractivity contribution in [3.05, 3.63) is 65.7 Å². The fourth-order valence-corrected chi connectivity index (χ4v) is 3.27. The summed E-state index contributed by atoms with van der Waals surface area (Å²) in [6.45, 7) is 0.662. The van der Waals surface area contributed by atoms with Crippen LogP contribution in [-0.2, 0) is 4.79 Å². The second-order valence-electron chi connectivity index (χ2n) is 6.20. The van der Waals surface area contributed by atoms with E-state index < -0.39 is 5.97 Å². The van der Waals surface area contributed by atoms with Crippen LogP contribution in [0, 0.1) is 0 Å². The largest absolute Gasteiger partial charge is 0.478 e. The highest BCUT2D eigenvalue weighted by Crippen LogP contribution is 2.28. The first-order valence-electron chi connectivity index (χ1n) is 8.12. The number of aromatic carboxylic acids is 1. The first-order chi connectivity index (χ1) is 12.1. The number of nitrogens with one attached hydrogen (secondary N) is 1. The van der Waals surface area contributed by atoms with Crippen molar-refractivity contribution < 1.29 is 14.7 Å². The molecule has 1 unspecified atom stereocenters. The average Bonchev–Trinajstić information content (AvgIpc) is 3.07. The van der Waals surface area contributed by atoms with E-state index in [0.29, 0.717) is 29.6 Å². The van der Waals surface area contributed by atoms with Gasteiger partial charge in [-0.25, -0.2) is 9.78 Å². The summed E-state index contributed by atoms with van der Waals surface area (Å²) in [6.07, 6.45) is 0.511. The number of aromatic nitrogens is 1. The Hall–Kier alpha value is -3.21. The number of amides is 1. The lowest BCUT2D eigenvalue weighted by Gasteiger charge is -2.10. The molecule has 5 nitrogen and oxygen atoms in total. The zero-order valence-corrected chi connectivity index (χ0v) is 13.4. The fourth-order valence-electron chi connectivity index (χ4n) is 3.27. The zero-order chi connectivity index (χ0) is 17.4. The number of carboxylic acids is 1. The van der Waals surface area contributed by atoms with Gasteiger partial charge in [0.05, 0.1) is 16.8 Å². The zero-order valence-electron chi connectivity index (χ0n) is 13.4. The summed E-state index contributed by atoms with van der Waals surface area (Å²) in [5.41, 5.74) is 3.49. The van der Waals surface area contributed by atoms with E-state index >= 15 is 0 Å². The molecule has 1 amide bonds. The van der Waals surface area contributed by atoms with E-state index in [1.54, 1.807) is 12.1 Å². The van der Waals surface area contributed by atoms with Crippen molar-refractivity contribution in [2.24, 2.45) is 0 Å². The van der Waals surface area contributed by atoms with Gasteiger partial charge in [-0.1, -0.05) is 42.5 Å². The van der Waals surface area contributed by atoms with Gasteiger partial charge in [-0.05, 0) is 17.7 Å². The quantitative estimate of drug-likeness (QED) is 0.772. The van der Waals surface area contributed by atoms with Crippen LogP contribution in [0.25, 0.3) is 22.2 Å². The minimum absolute atomic E-state index is 0.0800. The van der Waals surface area contributed by atoms with Crippen LogP contribution in [0.3, 0.4) is 0 Å². The van der Waals surface area contributed by atoms with E-state index in [9.17, 15) is 14.7 Å². The summed E-state index contributed by atoms with van der Waals surface area (Å²) in [5.74, 6) is -0.691. The van der Waals surface area contributed by atoms with Crippen molar-refractivity contribution in [1.29, 1.82) is 0 Å². The maximum atomic E-state index is 11.6. The number of hydrogen-bond donors (Lipinski definition) is 2. The molecule has 1 atom stereocenters. The van der Waals surface area contributed by atoms with Gasteiger partial charge < -0.3 is 10.4 Å². The number of fused-ring (bicyclic) bond motifs is 1. The maximum Gasteiger partial charge on any atom is 0.336 e. The molecule has 1 fully saturated rings. The van der Waals surface area contributed by atoms with Crippen molar-refractivity contribution in [3.8, 4) is 11.3 Å². The third-order valence-corrected chi connectivity index (χ3v) is 4.60. The van der Waals surface area contributed by atoms with Gasteiger partial charge in [-0.15, -0.1) is 0 Å². The van der Waals surface area contributed by atoms with E-state index in [1.807, 2.05) is 42.5 Å². The summed E-state index contributed by atoms with van der Waals surface area (Å²) in [5, 5.41) is 13.0. The molecule has 25 heavy (non-hydrogen) atoms. The Morgan fingerprint density at radius 1 is 1.12 bits per heavy atom. The first kappa shape index (κ1) is 15.3. The topological polar surface area (TPSA) is 79.3 Å². The van der Waals surface area contributed by atoms with Gasteiger partial charge in [-0.3, -0.25) is 4.79 Å². The number of carboxylic acid groups (broad SMARTS) is 1. The SMILES string of the molecule is O=C1CC(c2ccc(-c3cc(C(=O)O)c4ccccc4n3)cc2)CN1. The highest BCUT2D eigenvalue weighted by atomic mass is 16.4. The van der Waals surface area contributed by atoms with Gasteiger partial charge in [0.15, 0.2) is 0 Å². The van der Waals surface area contributed by atoms with Crippen LogP contribution in [0.1, 0.15) is 28.3 Å². The Balaban J connectivity index is 1.74. The molecular formula is C20H16N2O3. The van der Waals surface area contributed by atoms with Crippen LogP contribution >= 0.6 is 0 Å². The Morgan fingerprint density at radius 2 is 1.88 bits per heavy atom. The first-order valence-corrected chi connectivity index (χ1v) is 8.12. The smallest absolute Gasteiger partial charge is 0.336 e. The molecular weight excluding hydrogens is 316 g/mol. The highest BCUT2D eigenvalue weighted by molar-refractivity contribution is 6.03. The lowest BCUT2D eigenvalue weighted by molar-refractivity contribution is -0.119. The summed E-state index contributed by atoms with van der Waals surface area (Å²) in [7, 11) is 0. The van der Waals surface area contributed by atoms with E-state index in [0.717, 1.165) is 11.1 Å². The summed E-state index contributed by atoms with van der Waals surface area (Å²) >= 11 is 0. The molecule has 1 saturated heterocycles. The average molecular weight is 332 g/mol. The molecule has 2 N–H and O–H groups in total. The molecule has 2 aromatic carbocycles. The molecule has 3 aromatic rings. The molecule has 5 heteroatoms. The van der Waals surface area contributed by atoms with Gasteiger partial charge in [-0.2, -0.15) is 0 Å². The Morgan fingerprint density at radius 3 is 2.56 bits per heavy atom. The number of pyridine rings is 1. The van der Waals surface area contributed by atoms with Crippen molar-refractivity contribution in [2.45, 2.75) is 12.3 Å². The number of carbonyl (C=O) groups excluding carboxylic acids is 1. The van der Waals surface area contributed by atoms with Crippen molar-refractivity contribution in [1.82, 2.24) is 10.3 Å². The Bertz CT molecular complexity index is 980. The molecule has 0 radical (unpaired) electrons. The lowest BCUT2D eigenvalue weighted by Crippen LogP contribution is -2.13. The summed E-state index contributed by atoms with van der Waals surface area (Å²) < 4.78 is 0. The van der Waals surface area contributed by atoms with Gasteiger partial charge in [0.1, 0.15) is 0 Å². The van der Waals surface area contributed by atoms with E-state index in [2.05, 4.69) is 10.3 Å². The van der Waals surface area contributed by atoms with E-state index in [4.69, 9.17) is 0 Å². The molecule has 4 rings (SSSR count). The molecule has 0 bridgehead atoms. The number of rotatable bonds is 3. The highest BCUT2D eigenvalue weighted by Gasteiger charge is 2.22. The summed E-state index contributed by atoms with van der Waals surface area (Å²) in [6, 6.07) is 16.7. The minimum Gasteiger partial charge on any atom is -0.478 e. The van der Waals surface area contributed by atoms with E-state index in [-0.39, 0.29) is 17.4 Å². The molecule has 1 aliphatic rings. The standard InChI is InChI=1S/C20H16N2O3/c23-19-9-14(11-21-19)12-5-7-13(8-6-12)18-10-16(20(24)25)15-3-1-2-4-17(15)22-18/h1-8,10,14H,9,11H2,(H,21,23)(H,24,25). The van der Waals surface area contributed by atoms with Gasteiger partial charge in [0, 0.05) is 29.8 Å². The minimum atomic E-state index is -0.966. The molecule has 2 heterocycles. The normalized spacial score (nSPS) is 16.8. The predicted molar refractivity (Wildman–Crippen MR) is 94.5 cm³/mol. The number of para-hydroxylation sites is 1. The van der Waals surface area contributed by atoms with Gasteiger partial charge in [0.2, 0.25) is 5.91 Å². The van der Waals surface area contributed by atoms with Crippen LogP contribution < -0.4 is 5.32 Å². The molecule has 1 aliphatic heterocycles. The fraction of sp³-hybridized carbons (Fsp3) is 0.150.